The third-order valence-electron chi connectivity index (χ3n) is 3.89. The molecule has 0 spiro atoms. The number of pyridine rings is 1. The standard InChI is InChI=1S/C15H24N4O3S/c1-18(2)14-9-13(6-7-16-14)15(20)19-8-4-5-12(11-19)10-17-23(3,21)22/h6-7,9,12,17H,4-5,8,10-11H2,1-3H3/t12-/m0/s1. The Kier molecular flexibility index (Phi) is 5.59. The van der Waals surface area contributed by atoms with E-state index in [4.69, 9.17) is 0 Å². The Hall–Kier alpha value is -1.67. The second kappa shape index (κ2) is 7.27. The highest BCUT2D eigenvalue weighted by atomic mass is 32.2. The van der Waals surface area contributed by atoms with E-state index in [0.717, 1.165) is 24.9 Å². The van der Waals surface area contributed by atoms with Crippen LogP contribution in [-0.2, 0) is 10.0 Å². The zero-order valence-corrected chi connectivity index (χ0v) is 14.6. The molecule has 1 fully saturated rings. The first kappa shape index (κ1) is 17.7. The number of nitrogens with zero attached hydrogens (tertiary/aromatic N) is 3. The van der Waals surface area contributed by atoms with Gasteiger partial charge in [0.15, 0.2) is 0 Å². The number of anilines is 1. The Balaban J connectivity index is 2.03. The number of nitrogens with one attached hydrogen (secondary N) is 1. The largest absolute Gasteiger partial charge is 0.363 e. The Bertz CT molecular complexity index is 660. The van der Waals surface area contributed by atoms with Crippen LogP contribution in [0.25, 0.3) is 0 Å². The molecule has 128 valence electrons. The summed E-state index contributed by atoms with van der Waals surface area (Å²) in [6, 6.07) is 3.49. The van der Waals surface area contributed by atoms with E-state index in [-0.39, 0.29) is 11.8 Å². The van der Waals surface area contributed by atoms with Crippen molar-refractivity contribution in [3.05, 3.63) is 23.9 Å². The van der Waals surface area contributed by atoms with Crippen LogP contribution in [0, 0.1) is 5.92 Å². The molecule has 0 unspecified atom stereocenters. The first-order valence-electron chi connectivity index (χ1n) is 7.63. The molecular formula is C15H24N4O3S. The topological polar surface area (TPSA) is 82.6 Å². The fourth-order valence-corrected chi connectivity index (χ4v) is 3.20. The molecule has 0 saturated carbocycles. The molecule has 1 atom stereocenters. The maximum absolute atomic E-state index is 12.7. The molecule has 2 heterocycles. The van der Waals surface area contributed by atoms with Crippen LogP contribution in [0.4, 0.5) is 5.82 Å². The number of hydrogen-bond donors (Lipinski definition) is 1. The van der Waals surface area contributed by atoms with Crippen LogP contribution in [0.1, 0.15) is 23.2 Å². The molecule has 0 bridgehead atoms. The van der Waals surface area contributed by atoms with Gasteiger partial charge in [0.1, 0.15) is 5.82 Å². The van der Waals surface area contributed by atoms with Gasteiger partial charge in [-0.15, -0.1) is 0 Å². The van der Waals surface area contributed by atoms with E-state index in [1.165, 1.54) is 0 Å². The zero-order valence-electron chi connectivity index (χ0n) is 13.8. The molecule has 1 aromatic rings. The maximum atomic E-state index is 12.7. The molecule has 8 heteroatoms. The fraction of sp³-hybridized carbons (Fsp3) is 0.600. The van der Waals surface area contributed by atoms with E-state index in [0.29, 0.717) is 25.2 Å². The summed E-state index contributed by atoms with van der Waals surface area (Å²) in [4.78, 5) is 20.5. The highest BCUT2D eigenvalue weighted by molar-refractivity contribution is 7.88. The first-order valence-corrected chi connectivity index (χ1v) is 9.52. The smallest absolute Gasteiger partial charge is 0.254 e. The summed E-state index contributed by atoms with van der Waals surface area (Å²) < 4.78 is 25.0. The van der Waals surface area contributed by atoms with Crippen molar-refractivity contribution in [3.8, 4) is 0 Å². The average molecular weight is 340 g/mol. The van der Waals surface area contributed by atoms with Crippen LogP contribution in [0.15, 0.2) is 18.3 Å². The van der Waals surface area contributed by atoms with E-state index in [2.05, 4.69) is 9.71 Å². The van der Waals surface area contributed by atoms with Crippen molar-refractivity contribution < 1.29 is 13.2 Å². The van der Waals surface area contributed by atoms with Gasteiger partial charge in [0.05, 0.1) is 6.26 Å². The zero-order chi connectivity index (χ0) is 17.0. The van der Waals surface area contributed by atoms with Gasteiger partial charge in [-0.3, -0.25) is 4.79 Å². The highest BCUT2D eigenvalue weighted by Crippen LogP contribution is 2.19. The average Bonchev–Trinajstić information content (AvgIpc) is 2.52. The number of sulfonamides is 1. The van der Waals surface area contributed by atoms with Gasteiger partial charge < -0.3 is 9.80 Å². The van der Waals surface area contributed by atoms with Gasteiger partial charge in [-0.05, 0) is 30.9 Å². The van der Waals surface area contributed by atoms with Gasteiger partial charge in [-0.1, -0.05) is 0 Å². The molecule has 23 heavy (non-hydrogen) atoms. The van der Waals surface area contributed by atoms with Crippen LogP contribution < -0.4 is 9.62 Å². The van der Waals surface area contributed by atoms with E-state index in [1.54, 1.807) is 23.2 Å². The number of aromatic nitrogens is 1. The predicted molar refractivity (Wildman–Crippen MR) is 90.0 cm³/mol. The van der Waals surface area contributed by atoms with E-state index >= 15 is 0 Å². The number of carbonyl (C=O) groups excluding carboxylic acids is 1. The minimum absolute atomic E-state index is 0.0282. The van der Waals surface area contributed by atoms with Crippen molar-refractivity contribution in [2.45, 2.75) is 12.8 Å². The van der Waals surface area contributed by atoms with Crippen LogP contribution in [0.5, 0.6) is 0 Å². The van der Waals surface area contributed by atoms with E-state index in [1.807, 2.05) is 19.0 Å². The van der Waals surface area contributed by atoms with Crippen molar-refractivity contribution >= 4 is 21.7 Å². The predicted octanol–water partition coefficient (Wildman–Crippen LogP) is 0.549. The first-order chi connectivity index (χ1) is 10.8. The Labute approximate surface area is 137 Å². The number of rotatable bonds is 5. The molecule has 1 aliphatic rings. The lowest BCUT2D eigenvalue weighted by Crippen LogP contribution is -2.43. The molecule has 0 radical (unpaired) electrons. The number of piperidine rings is 1. The Morgan fingerprint density at radius 3 is 2.87 bits per heavy atom. The van der Waals surface area contributed by atoms with Gasteiger partial charge in [-0.25, -0.2) is 18.1 Å². The molecule has 0 aromatic carbocycles. The lowest BCUT2D eigenvalue weighted by Gasteiger charge is -2.33. The molecule has 1 saturated heterocycles. The van der Waals surface area contributed by atoms with E-state index < -0.39 is 10.0 Å². The molecular weight excluding hydrogens is 316 g/mol. The van der Waals surface area contributed by atoms with Crippen molar-refractivity contribution in [1.82, 2.24) is 14.6 Å². The van der Waals surface area contributed by atoms with Crippen LogP contribution >= 0.6 is 0 Å². The summed E-state index contributed by atoms with van der Waals surface area (Å²) >= 11 is 0. The van der Waals surface area contributed by atoms with Crippen LogP contribution in [-0.4, -0.2) is 64.2 Å². The SMILES string of the molecule is CN(C)c1cc(C(=O)N2CCC[C@@H](CNS(C)(=O)=O)C2)ccn1. The number of likely N-dealkylation sites (tertiary alicyclic amines) is 1. The quantitative estimate of drug-likeness (QED) is 0.846. The lowest BCUT2D eigenvalue weighted by atomic mass is 9.97. The summed E-state index contributed by atoms with van der Waals surface area (Å²) in [5, 5.41) is 0. The van der Waals surface area contributed by atoms with Crippen molar-refractivity contribution in [1.29, 1.82) is 0 Å². The Morgan fingerprint density at radius 2 is 2.22 bits per heavy atom. The lowest BCUT2D eigenvalue weighted by molar-refractivity contribution is 0.0676. The highest BCUT2D eigenvalue weighted by Gasteiger charge is 2.25. The third kappa shape index (κ3) is 5.18. The molecule has 1 amide bonds. The monoisotopic (exact) mass is 340 g/mol. The summed E-state index contributed by atoms with van der Waals surface area (Å²) in [5.74, 6) is 0.861. The number of hydrogen-bond acceptors (Lipinski definition) is 5. The fourth-order valence-electron chi connectivity index (χ4n) is 2.66. The molecule has 0 aliphatic carbocycles. The summed E-state index contributed by atoms with van der Waals surface area (Å²) in [5.41, 5.74) is 0.612. The van der Waals surface area contributed by atoms with Gasteiger partial charge in [0, 0.05) is 45.5 Å². The molecule has 1 N–H and O–H groups in total. The normalized spacial score (nSPS) is 18.7. The minimum Gasteiger partial charge on any atom is -0.363 e. The molecule has 1 aromatic heterocycles. The van der Waals surface area contributed by atoms with Crippen LogP contribution in [0.3, 0.4) is 0 Å². The van der Waals surface area contributed by atoms with Gasteiger partial charge in [-0.2, -0.15) is 0 Å². The Morgan fingerprint density at radius 1 is 1.48 bits per heavy atom. The third-order valence-corrected chi connectivity index (χ3v) is 4.58. The summed E-state index contributed by atoms with van der Waals surface area (Å²) in [6.07, 6.45) is 4.59. The second-order valence-corrected chi connectivity index (χ2v) is 8.01. The number of carbonyl (C=O) groups is 1. The maximum Gasteiger partial charge on any atom is 0.254 e. The molecule has 2 rings (SSSR count). The van der Waals surface area contributed by atoms with Crippen molar-refractivity contribution in [2.24, 2.45) is 5.92 Å². The van der Waals surface area contributed by atoms with Gasteiger partial charge in [0.25, 0.3) is 5.91 Å². The van der Waals surface area contributed by atoms with Crippen molar-refractivity contribution in [3.63, 3.8) is 0 Å². The molecule has 7 nitrogen and oxygen atoms in total. The van der Waals surface area contributed by atoms with E-state index in [9.17, 15) is 13.2 Å². The summed E-state index contributed by atoms with van der Waals surface area (Å²) in [6.45, 7) is 1.65. The number of amides is 1. The second-order valence-electron chi connectivity index (χ2n) is 6.18. The summed E-state index contributed by atoms with van der Waals surface area (Å²) in [7, 11) is 0.563. The van der Waals surface area contributed by atoms with Crippen LogP contribution in [0.2, 0.25) is 0 Å². The van der Waals surface area contributed by atoms with Gasteiger partial charge >= 0.3 is 0 Å². The minimum atomic E-state index is -3.20. The van der Waals surface area contributed by atoms with Gasteiger partial charge in [0.2, 0.25) is 10.0 Å². The van der Waals surface area contributed by atoms with Crippen molar-refractivity contribution in [2.75, 3.05) is 44.9 Å². The molecule has 1 aliphatic heterocycles.